The number of carbonyl (C=O) groups excluding carboxylic acids is 2. The van der Waals surface area contributed by atoms with Crippen molar-refractivity contribution in [2.75, 3.05) is 0 Å². The number of thiophene rings is 1. The molecule has 2 aromatic heterocycles. The molecule has 1 unspecified atom stereocenters. The van der Waals surface area contributed by atoms with Crippen molar-refractivity contribution in [1.82, 2.24) is 4.90 Å². The van der Waals surface area contributed by atoms with E-state index < -0.39 is 17.7 Å². The van der Waals surface area contributed by atoms with E-state index in [0.717, 1.165) is 4.88 Å². The van der Waals surface area contributed by atoms with Crippen LogP contribution >= 0.6 is 11.3 Å². The summed E-state index contributed by atoms with van der Waals surface area (Å²) in [6, 6.07) is 13.4. The highest BCUT2D eigenvalue weighted by Gasteiger charge is 2.46. The topological polar surface area (TPSA) is 80.0 Å². The normalized spacial score (nSPS) is 18.4. The average Bonchev–Trinajstić information content (AvgIpc) is 3.46. The number of benzene rings is 1. The highest BCUT2D eigenvalue weighted by Crippen LogP contribution is 2.42. The second kappa shape index (κ2) is 8.20. The summed E-state index contributed by atoms with van der Waals surface area (Å²) in [5, 5.41) is 13.0. The number of hydrogen-bond donors (Lipinski definition) is 1. The molecule has 1 atom stereocenters. The molecule has 1 N–H and O–H groups in total. The fraction of sp³-hybridized carbons (Fsp3) is 0.217. The SMILES string of the molecule is CC(C)Oc1cccc(/C(O)=C2/C(=O)C(=O)N(Cc3ccco3)C2c2cccs2)c1. The van der Waals surface area contributed by atoms with Crippen LogP contribution < -0.4 is 4.74 Å². The third-order valence-electron chi connectivity index (χ3n) is 4.74. The Morgan fingerprint density at radius 3 is 2.70 bits per heavy atom. The Balaban J connectivity index is 1.80. The van der Waals surface area contributed by atoms with Gasteiger partial charge >= 0.3 is 0 Å². The van der Waals surface area contributed by atoms with Crippen molar-refractivity contribution in [3.8, 4) is 5.75 Å². The number of ketones is 1. The lowest BCUT2D eigenvalue weighted by molar-refractivity contribution is -0.140. The van der Waals surface area contributed by atoms with Crippen molar-refractivity contribution in [2.24, 2.45) is 0 Å². The Hall–Kier alpha value is -3.32. The first-order valence-electron chi connectivity index (χ1n) is 9.57. The van der Waals surface area contributed by atoms with E-state index >= 15 is 0 Å². The van der Waals surface area contributed by atoms with Crippen LogP contribution in [0.3, 0.4) is 0 Å². The summed E-state index contributed by atoms with van der Waals surface area (Å²) in [4.78, 5) is 28.1. The van der Waals surface area contributed by atoms with Gasteiger partial charge in [-0.05, 0) is 49.6 Å². The number of Topliss-reactive ketones (excluding diaryl/α,β-unsaturated/α-hetero) is 1. The molecule has 1 saturated heterocycles. The number of aliphatic hydroxyl groups is 1. The lowest BCUT2D eigenvalue weighted by Gasteiger charge is -2.23. The molecule has 3 heterocycles. The third-order valence-corrected chi connectivity index (χ3v) is 5.66. The molecule has 1 fully saturated rings. The quantitative estimate of drug-likeness (QED) is 0.352. The van der Waals surface area contributed by atoms with Crippen LogP contribution in [0.1, 0.15) is 36.1 Å². The number of furan rings is 1. The monoisotopic (exact) mass is 423 g/mol. The van der Waals surface area contributed by atoms with Gasteiger partial charge in [0.2, 0.25) is 0 Å². The molecule has 1 aliphatic rings. The summed E-state index contributed by atoms with van der Waals surface area (Å²) >= 11 is 1.42. The number of rotatable bonds is 6. The van der Waals surface area contributed by atoms with Crippen LogP contribution in [0.2, 0.25) is 0 Å². The van der Waals surface area contributed by atoms with Crippen LogP contribution in [-0.2, 0) is 16.1 Å². The molecule has 30 heavy (non-hydrogen) atoms. The number of aliphatic hydroxyl groups excluding tert-OH is 1. The van der Waals surface area contributed by atoms with E-state index in [2.05, 4.69) is 0 Å². The Bertz CT molecular complexity index is 1080. The summed E-state index contributed by atoms with van der Waals surface area (Å²) in [5.74, 6) is -0.464. The maximum absolute atomic E-state index is 13.0. The fourth-order valence-corrected chi connectivity index (χ4v) is 4.35. The van der Waals surface area contributed by atoms with E-state index in [-0.39, 0.29) is 24.0 Å². The van der Waals surface area contributed by atoms with Gasteiger partial charge in [-0.3, -0.25) is 9.59 Å². The molecule has 0 spiro atoms. The lowest BCUT2D eigenvalue weighted by Crippen LogP contribution is -2.28. The first-order chi connectivity index (χ1) is 14.5. The van der Waals surface area contributed by atoms with Crippen molar-refractivity contribution >= 4 is 28.8 Å². The lowest BCUT2D eigenvalue weighted by atomic mass is 9.99. The predicted octanol–water partition coefficient (Wildman–Crippen LogP) is 4.75. The molecule has 7 heteroatoms. The van der Waals surface area contributed by atoms with E-state index in [0.29, 0.717) is 17.1 Å². The molecule has 0 aliphatic carbocycles. The highest BCUT2D eigenvalue weighted by atomic mass is 32.1. The molecule has 0 radical (unpaired) electrons. The van der Waals surface area contributed by atoms with Crippen molar-refractivity contribution in [2.45, 2.75) is 32.5 Å². The number of carbonyl (C=O) groups is 2. The van der Waals surface area contributed by atoms with Crippen molar-refractivity contribution in [1.29, 1.82) is 0 Å². The molecule has 4 rings (SSSR count). The molecular weight excluding hydrogens is 402 g/mol. The van der Waals surface area contributed by atoms with Crippen molar-refractivity contribution in [3.05, 3.63) is 81.9 Å². The van der Waals surface area contributed by atoms with Crippen LogP contribution in [0, 0.1) is 0 Å². The molecule has 0 bridgehead atoms. The number of amides is 1. The van der Waals surface area contributed by atoms with Crippen LogP contribution in [0.15, 0.2) is 70.2 Å². The van der Waals surface area contributed by atoms with Gasteiger partial charge in [0.25, 0.3) is 11.7 Å². The average molecular weight is 423 g/mol. The molecule has 0 saturated carbocycles. The second-order valence-electron chi connectivity index (χ2n) is 7.22. The zero-order chi connectivity index (χ0) is 21.3. The molecule has 1 aromatic carbocycles. The second-order valence-corrected chi connectivity index (χ2v) is 8.20. The Labute approximate surface area is 178 Å². The first-order valence-corrected chi connectivity index (χ1v) is 10.4. The standard InChI is InChI=1S/C23H21NO5S/c1-14(2)29-16-7-3-6-15(12-16)21(25)19-20(18-9-5-11-30-18)24(23(27)22(19)26)13-17-8-4-10-28-17/h3-12,14,20,25H,13H2,1-2H3/b21-19-. The molecular formula is C23H21NO5S. The minimum atomic E-state index is -0.715. The van der Waals surface area contributed by atoms with E-state index in [1.54, 1.807) is 36.4 Å². The highest BCUT2D eigenvalue weighted by molar-refractivity contribution is 7.10. The number of ether oxygens (including phenoxy) is 1. The van der Waals surface area contributed by atoms with E-state index in [9.17, 15) is 14.7 Å². The van der Waals surface area contributed by atoms with Gasteiger partial charge in [0.1, 0.15) is 23.3 Å². The fourth-order valence-electron chi connectivity index (χ4n) is 3.50. The number of hydrogen-bond acceptors (Lipinski definition) is 6. The first kappa shape index (κ1) is 20.0. The smallest absolute Gasteiger partial charge is 0.296 e. The van der Waals surface area contributed by atoms with Crippen LogP contribution in [0.4, 0.5) is 0 Å². The molecule has 6 nitrogen and oxygen atoms in total. The van der Waals surface area contributed by atoms with Crippen LogP contribution in [0.5, 0.6) is 5.75 Å². The number of nitrogens with zero attached hydrogens (tertiary/aromatic N) is 1. The van der Waals surface area contributed by atoms with Crippen LogP contribution in [0.25, 0.3) is 5.76 Å². The largest absolute Gasteiger partial charge is 0.507 e. The van der Waals surface area contributed by atoms with Gasteiger partial charge in [0, 0.05) is 10.4 Å². The van der Waals surface area contributed by atoms with Crippen molar-refractivity contribution < 1.29 is 23.8 Å². The Kier molecular flexibility index (Phi) is 5.46. The molecule has 154 valence electrons. The van der Waals surface area contributed by atoms with Gasteiger partial charge in [0.05, 0.1) is 24.5 Å². The maximum Gasteiger partial charge on any atom is 0.296 e. The van der Waals surface area contributed by atoms with E-state index in [4.69, 9.17) is 9.15 Å². The maximum atomic E-state index is 13.0. The van der Waals surface area contributed by atoms with Gasteiger partial charge < -0.3 is 19.2 Å². The zero-order valence-electron chi connectivity index (χ0n) is 16.6. The molecule has 1 aliphatic heterocycles. The van der Waals surface area contributed by atoms with Crippen molar-refractivity contribution in [3.63, 3.8) is 0 Å². The van der Waals surface area contributed by atoms with Crippen LogP contribution in [-0.4, -0.2) is 27.8 Å². The zero-order valence-corrected chi connectivity index (χ0v) is 17.4. The predicted molar refractivity (Wildman–Crippen MR) is 113 cm³/mol. The summed E-state index contributed by atoms with van der Waals surface area (Å²) in [5.41, 5.74) is 0.487. The Morgan fingerprint density at radius 1 is 1.20 bits per heavy atom. The summed E-state index contributed by atoms with van der Waals surface area (Å²) in [7, 11) is 0. The van der Waals surface area contributed by atoms with Gasteiger partial charge in [-0.15, -0.1) is 11.3 Å². The minimum Gasteiger partial charge on any atom is -0.507 e. The van der Waals surface area contributed by atoms with E-state index in [1.807, 2.05) is 31.4 Å². The van der Waals surface area contributed by atoms with E-state index in [1.165, 1.54) is 22.5 Å². The minimum absolute atomic E-state index is 0.0348. The summed E-state index contributed by atoms with van der Waals surface area (Å²) in [6.07, 6.45) is 1.49. The molecule has 1 amide bonds. The van der Waals surface area contributed by atoms with Gasteiger partial charge in [0.15, 0.2) is 0 Å². The van der Waals surface area contributed by atoms with Gasteiger partial charge in [-0.25, -0.2) is 0 Å². The number of likely N-dealkylation sites (tertiary alicyclic amines) is 1. The summed E-state index contributed by atoms with van der Waals surface area (Å²) < 4.78 is 11.1. The van der Waals surface area contributed by atoms with Gasteiger partial charge in [-0.1, -0.05) is 18.2 Å². The summed E-state index contributed by atoms with van der Waals surface area (Å²) in [6.45, 7) is 3.94. The van der Waals surface area contributed by atoms with Gasteiger partial charge in [-0.2, -0.15) is 0 Å². The third kappa shape index (κ3) is 3.76. The molecule has 3 aromatic rings. The Morgan fingerprint density at radius 2 is 2.03 bits per heavy atom.